The van der Waals surface area contributed by atoms with E-state index in [1.54, 1.807) is 41.1 Å². The van der Waals surface area contributed by atoms with E-state index in [0.717, 1.165) is 11.3 Å². The number of hydrogen-bond donors (Lipinski definition) is 1. The summed E-state index contributed by atoms with van der Waals surface area (Å²) in [6.45, 7) is 2.36. The SMILES string of the molecule is Cc1cc(NC(=O)c2cc(-c3ccc(Cl)cc3Cl)on2)nn1Cc1ccc(Cl)c(Cl)c1. The first-order valence-corrected chi connectivity index (χ1v) is 10.5. The highest BCUT2D eigenvalue weighted by Crippen LogP contribution is 2.31. The minimum absolute atomic E-state index is 0.0951. The van der Waals surface area contributed by atoms with Crippen LogP contribution >= 0.6 is 46.4 Å². The Morgan fingerprint density at radius 1 is 1.00 bits per heavy atom. The van der Waals surface area contributed by atoms with Crippen LogP contribution in [0.25, 0.3) is 11.3 Å². The molecule has 4 aromatic rings. The Balaban J connectivity index is 1.48. The Morgan fingerprint density at radius 3 is 2.55 bits per heavy atom. The van der Waals surface area contributed by atoms with Gasteiger partial charge in [-0.25, -0.2) is 0 Å². The van der Waals surface area contributed by atoms with Crippen LogP contribution in [0.4, 0.5) is 5.82 Å². The maximum atomic E-state index is 12.6. The maximum Gasteiger partial charge on any atom is 0.279 e. The zero-order chi connectivity index (χ0) is 22.1. The number of benzene rings is 2. The summed E-state index contributed by atoms with van der Waals surface area (Å²) in [5.41, 5.74) is 2.46. The van der Waals surface area contributed by atoms with Crippen LogP contribution in [0.15, 0.2) is 53.1 Å². The van der Waals surface area contributed by atoms with E-state index < -0.39 is 5.91 Å². The average Bonchev–Trinajstić information content (AvgIpc) is 3.32. The summed E-state index contributed by atoms with van der Waals surface area (Å²) in [5.74, 6) is 0.282. The van der Waals surface area contributed by atoms with Crippen LogP contribution in [0.1, 0.15) is 21.7 Å². The predicted molar refractivity (Wildman–Crippen MR) is 122 cm³/mol. The first kappa shape index (κ1) is 21.7. The molecule has 2 heterocycles. The summed E-state index contributed by atoms with van der Waals surface area (Å²) in [6.07, 6.45) is 0. The minimum Gasteiger partial charge on any atom is -0.355 e. The van der Waals surface area contributed by atoms with Crippen LogP contribution in [0.2, 0.25) is 20.1 Å². The Bertz CT molecular complexity index is 1280. The fraction of sp³-hybridized carbons (Fsp3) is 0.0952. The van der Waals surface area contributed by atoms with E-state index in [-0.39, 0.29) is 5.69 Å². The van der Waals surface area contributed by atoms with Gasteiger partial charge < -0.3 is 9.84 Å². The van der Waals surface area contributed by atoms with Crippen molar-refractivity contribution in [3.05, 3.63) is 85.6 Å². The molecule has 2 aromatic heterocycles. The van der Waals surface area contributed by atoms with Gasteiger partial charge in [0.2, 0.25) is 0 Å². The normalized spacial score (nSPS) is 11.0. The number of carbonyl (C=O) groups is 1. The molecule has 0 unspecified atom stereocenters. The summed E-state index contributed by atoms with van der Waals surface area (Å²) in [4.78, 5) is 12.6. The first-order chi connectivity index (χ1) is 14.8. The molecule has 31 heavy (non-hydrogen) atoms. The van der Waals surface area contributed by atoms with Crippen molar-refractivity contribution >= 4 is 58.1 Å². The van der Waals surface area contributed by atoms with E-state index in [1.165, 1.54) is 6.07 Å². The topological polar surface area (TPSA) is 73.0 Å². The molecule has 158 valence electrons. The second-order valence-corrected chi connectivity index (χ2v) is 8.39. The monoisotopic (exact) mass is 494 g/mol. The summed E-state index contributed by atoms with van der Waals surface area (Å²) < 4.78 is 7.02. The van der Waals surface area contributed by atoms with Gasteiger partial charge in [0.25, 0.3) is 5.91 Å². The number of rotatable bonds is 5. The van der Waals surface area contributed by atoms with Crippen LogP contribution in [0, 0.1) is 6.92 Å². The maximum absolute atomic E-state index is 12.6. The largest absolute Gasteiger partial charge is 0.355 e. The van der Waals surface area contributed by atoms with Gasteiger partial charge in [-0.1, -0.05) is 57.6 Å². The number of aromatic nitrogens is 3. The molecule has 0 aliphatic heterocycles. The fourth-order valence-corrected chi connectivity index (χ4v) is 3.74. The van der Waals surface area contributed by atoms with Crippen LogP contribution in [0.5, 0.6) is 0 Å². The number of nitrogens with one attached hydrogen (secondary N) is 1. The lowest BCUT2D eigenvalue weighted by Crippen LogP contribution is -2.13. The number of halogens is 4. The lowest BCUT2D eigenvalue weighted by Gasteiger charge is -2.06. The van der Waals surface area contributed by atoms with Crippen LogP contribution in [-0.4, -0.2) is 20.8 Å². The molecule has 10 heteroatoms. The van der Waals surface area contributed by atoms with Crippen molar-refractivity contribution in [3.8, 4) is 11.3 Å². The van der Waals surface area contributed by atoms with E-state index in [2.05, 4.69) is 15.6 Å². The summed E-state index contributed by atoms with van der Waals surface area (Å²) >= 11 is 24.1. The van der Waals surface area contributed by atoms with Crippen molar-refractivity contribution in [2.24, 2.45) is 0 Å². The second kappa shape index (κ2) is 8.93. The molecule has 1 N–H and O–H groups in total. The summed E-state index contributed by atoms with van der Waals surface area (Å²) in [6, 6.07) is 13.6. The third-order valence-corrected chi connectivity index (χ3v) is 5.77. The molecule has 1 amide bonds. The van der Waals surface area contributed by atoms with E-state index in [1.807, 2.05) is 13.0 Å². The molecular weight excluding hydrogens is 482 g/mol. The number of nitrogens with zero attached hydrogens (tertiary/aromatic N) is 3. The van der Waals surface area contributed by atoms with E-state index in [9.17, 15) is 4.79 Å². The standard InChI is InChI=1S/C21H14Cl4N4O2/c1-11-6-20(27-29(11)10-12-2-5-15(23)17(25)7-12)26-21(30)18-9-19(31-28-18)14-4-3-13(22)8-16(14)24/h2-9H,10H2,1H3,(H,26,27,30). The highest BCUT2D eigenvalue weighted by Gasteiger charge is 2.17. The number of anilines is 1. The molecule has 0 saturated carbocycles. The molecule has 0 spiro atoms. The van der Waals surface area contributed by atoms with Crippen molar-refractivity contribution in [2.75, 3.05) is 5.32 Å². The summed E-state index contributed by atoms with van der Waals surface area (Å²) in [5, 5.41) is 12.8. The average molecular weight is 496 g/mol. The van der Waals surface area contributed by atoms with Gasteiger partial charge in [0, 0.05) is 28.4 Å². The van der Waals surface area contributed by atoms with Gasteiger partial charge in [-0.2, -0.15) is 5.10 Å². The third-order valence-electron chi connectivity index (χ3n) is 4.48. The molecule has 2 aromatic carbocycles. The van der Waals surface area contributed by atoms with Gasteiger partial charge in [-0.3, -0.25) is 9.48 Å². The van der Waals surface area contributed by atoms with E-state index in [0.29, 0.717) is 43.8 Å². The zero-order valence-corrected chi connectivity index (χ0v) is 19.0. The number of aryl methyl sites for hydroxylation is 1. The van der Waals surface area contributed by atoms with Gasteiger partial charge in [0.15, 0.2) is 17.3 Å². The van der Waals surface area contributed by atoms with Crippen molar-refractivity contribution < 1.29 is 9.32 Å². The van der Waals surface area contributed by atoms with Gasteiger partial charge >= 0.3 is 0 Å². The Morgan fingerprint density at radius 2 is 1.81 bits per heavy atom. The van der Waals surface area contributed by atoms with E-state index in [4.69, 9.17) is 50.9 Å². The number of hydrogen-bond acceptors (Lipinski definition) is 4. The Labute approximate surface area is 197 Å². The quantitative estimate of drug-likeness (QED) is 0.332. The lowest BCUT2D eigenvalue weighted by molar-refractivity contribution is 0.101. The number of amides is 1. The van der Waals surface area contributed by atoms with Gasteiger partial charge in [0.05, 0.1) is 21.6 Å². The Hall–Kier alpha value is -2.51. The van der Waals surface area contributed by atoms with Gasteiger partial charge in [-0.05, 0) is 42.8 Å². The molecule has 0 atom stereocenters. The lowest BCUT2D eigenvalue weighted by atomic mass is 10.1. The second-order valence-electron chi connectivity index (χ2n) is 6.73. The molecule has 0 aliphatic carbocycles. The van der Waals surface area contributed by atoms with Crippen LogP contribution in [0.3, 0.4) is 0 Å². The first-order valence-electron chi connectivity index (χ1n) is 9.02. The zero-order valence-electron chi connectivity index (χ0n) is 16.0. The summed E-state index contributed by atoms with van der Waals surface area (Å²) in [7, 11) is 0. The van der Waals surface area contributed by atoms with Crippen molar-refractivity contribution in [2.45, 2.75) is 13.5 Å². The highest BCUT2D eigenvalue weighted by atomic mass is 35.5. The van der Waals surface area contributed by atoms with E-state index >= 15 is 0 Å². The molecule has 0 saturated heterocycles. The van der Waals surface area contributed by atoms with Crippen molar-refractivity contribution in [1.82, 2.24) is 14.9 Å². The van der Waals surface area contributed by atoms with Crippen LogP contribution in [-0.2, 0) is 6.54 Å². The molecule has 0 bridgehead atoms. The van der Waals surface area contributed by atoms with Gasteiger partial charge in [0.1, 0.15) is 0 Å². The molecular formula is C21H14Cl4N4O2. The molecule has 0 aliphatic rings. The molecule has 0 radical (unpaired) electrons. The van der Waals surface area contributed by atoms with Gasteiger partial charge in [-0.15, -0.1) is 0 Å². The molecule has 0 fully saturated rings. The highest BCUT2D eigenvalue weighted by molar-refractivity contribution is 6.42. The fourth-order valence-electron chi connectivity index (χ4n) is 2.92. The third kappa shape index (κ3) is 4.88. The Kier molecular flexibility index (Phi) is 6.25. The van der Waals surface area contributed by atoms with Crippen LogP contribution < -0.4 is 5.32 Å². The number of carbonyl (C=O) groups excluding carboxylic acids is 1. The smallest absolute Gasteiger partial charge is 0.279 e. The van der Waals surface area contributed by atoms with Crippen molar-refractivity contribution in [3.63, 3.8) is 0 Å². The van der Waals surface area contributed by atoms with Crippen molar-refractivity contribution in [1.29, 1.82) is 0 Å². The predicted octanol–water partition coefficient (Wildman–Crippen LogP) is 6.76. The molecule has 6 nitrogen and oxygen atoms in total. The minimum atomic E-state index is -0.459. The molecule has 4 rings (SSSR count).